The van der Waals surface area contributed by atoms with Crippen LogP contribution in [0.1, 0.15) is 5.56 Å². The lowest BCUT2D eigenvalue weighted by Gasteiger charge is -2.07. The van der Waals surface area contributed by atoms with Crippen molar-refractivity contribution in [3.05, 3.63) is 70.7 Å². The van der Waals surface area contributed by atoms with E-state index >= 15 is 0 Å². The summed E-state index contributed by atoms with van der Waals surface area (Å²) in [4.78, 5) is 24.5. The second kappa shape index (κ2) is 6.18. The van der Waals surface area contributed by atoms with Gasteiger partial charge in [-0.3, -0.25) is 9.48 Å². The predicted octanol–water partition coefficient (Wildman–Crippen LogP) is 2.65. The summed E-state index contributed by atoms with van der Waals surface area (Å²) in [7, 11) is 0. The minimum Gasteiger partial charge on any atom is -0.422 e. The van der Waals surface area contributed by atoms with Crippen molar-refractivity contribution in [1.29, 1.82) is 5.26 Å². The number of hydrogen-bond acceptors (Lipinski definition) is 5. The fraction of sp³-hybridized carbons (Fsp3) is 0.0526. The standard InChI is InChI=1S/C19H12N4O3/c20-9-12-4-3-5-13(8-12)22-17(24)11-23-18-14-6-1-2-7-16(14)26-19(25)15(18)10-21-23/h1-8,10H,11H2,(H,22,24). The fourth-order valence-corrected chi connectivity index (χ4v) is 2.85. The van der Waals surface area contributed by atoms with Crippen LogP contribution in [0.5, 0.6) is 0 Å². The number of rotatable bonds is 3. The van der Waals surface area contributed by atoms with Crippen LogP contribution in [-0.4, -0.2) is 15.7 Å². The van der Waals surface area contributed by atoms with Gasteiger partial charge in [0.2, 0.25) is 5.91 Å². The molecule has 0 saturated heterocycles. The van der Waals surface area contributed by atoms with E-state index in [0.29, 0.717) is 33.1 Å². The smallest absolute Gasteiger partial charge is 0.347 e. The average Bonchev–Trinajstić information content (AvgIpc) is 3.06. The normalized spacial score (nSPS) is 10.7. The third-order valence-electron chi connectivity index (χ3n) is 3.97. The summed E-state index contributed by atoms with van der Waals surface area (Å²) in [6.45, 7) is -0.0757. The molecule has 126 valence electrons. The first kappa shape index (κ1) is 15.6. The summed E-state index contributed by atoms with van der Waals surface area (Å²) in [5, 5.41) is 16.9. The molecule has 0 radical (unpaired) electrons. The van der Waals surface area contributed by atoms with E-state index in [-0.39, 0.29) is 12.5 Å². The maximum Gasteiger partial charge on any atom is 0.347 e. The lowest BCUT2D eigenvalue weighted by molar-refractivity contribution is -0.116. The molecule has 26 heavy (non-hydrogen) atoms. The van der Waals surface area contributed by atoms with Gasteiger partial charge in [0.25, 0.3) is 0 Å². The Labute approximate surface area is 147 Å². The van der Waals surface area contributed by atoms with Gasteiger partial charge in [-0.1, -0.05) is 18.2 Å². The van der Waals surface area contributed by atoms with Gasteiger partial charge >= 0.3 is 5.63 Å². The van der Waals surface area contributed by atoms with Crippen molar-refractivity contribution in [2.45, 2.75) is 6.54 Å². The zero-order valence-corrected chi connectivity index (χ0v) is 13.5. The predicted molar refractivity (Wildman–Crippen MR) is 95.6 cm³/mol. The Morgan fingerprint density at radius 2 is 2.04 bits per heavy atom. The number of fused-ring (bicyclic) bond motifs is 3. The number of anilines is 1. The number of carbonyl (C=O) groups is 1. The summed E-state index contributed by atoms with van der Waals surface area (Å²) in [5.41, 5.74) is 1.48. The molecule has 0 aliphatic rings. The average molecular weight is 344 g/mol. The second-order valence-electron chi connectivity index (χ2n) is 5.69. The van der Waals surface area contributed by atoms with Crippen molar-refractivity contribution in [3.63, 3.8) is 0 Å². The third kappa shape index (κ3) is 2.70. The molecule has 0 fully saturated rings. The van der Waals surface area contributed by atoms with Crippen LogP contribution in [0, 0.1) is 11.3 Å². The van der Waals surface area contributed by atoms with Gasteiger partial charge in [0.15, 0.2) is 0 Å². The van der Waals surface area contributed by atoms with Crippen molar-refractivity contribution in [1.82, 2.24) is 9.78 Å². The van der Waals surface area contributed by atoms with Crippen LogP contribution in [0.4, 0.5) is 5.69 Å². The van der Waals surface area contributed by atoms with Crippen molar-refractivity contribution in [2.24, 2.45) is 0 Å². The number of nitrogens with zero attached hydrogens (tertiary/aromatic N) is 3. The Morgan fingerprint density at radius 1 is 1.19 bits per heavy atom. The molecule has 4 aromatic rings. The maximum absolute atomic E-state index is 12.4. The molecule has 0 spiro atoms. The summed E-state index contributed by atoms with van der Waals surface area (Å²) < 4.78 is 6.74. The van der Waals surface area contributed by atoms with Gasteiger partial charge in [-0.15, -0.1) is 0 Å². The lowest BCUT2D eigenvalue weighted by atomic mass is 10.2. The van der Waals surface area contributed by atoms with Crippen LogP contribution in [0.3, 0.4) is 0 Å². The zero-order valence-electron chi connectivity index (χ0n) is 13.5. The first-order chi connectivity index (χ1) is 12.7. The number of nitrogens with one attached hydrogen (secondary N) is 1. The molecule has 2 aromatic heterocycles. The highest BCUT2D eigenvalue weighted by Crippen LogP contribution is 2.22. The van der Waals surface area contributed by atoms with E-state index in [0.717, 1.165) is 0 Å². The van der Waals surface area contributed by atoms with Crippen LogP contribution in [0.25, 0.3) is 21.9 Å². The maximum atomic E-state index is 12.4. The summed E-state index contributed by atoms with van der Waals surface area (Å²) in [6.07, 6.45) is 1.40. The highest BCUT2D eigenvalue weighted by atomic mass is 16.4. The van der Waals surface area contributed by atoms with Gasteiger partial charge in [-0.2, -0.15) is 10.4 Å². The molecule has 2 aromatic carbocycles. The monoisotopic (exact) mass is 344 g/mol. The molecule has 0 saturated carbocycles. The van der Waals surface area contributed by atoms with Gasteiger partial charge in [0, 0.05) is 11.1 Å². The Balaban J connectivity index is 1.70. The van der Waals surface area contributed by atoms with Gasteiger partial charge in [-0.05, 0) is 30.3 Å². The van der Waals surface area contributed by atoms with E-state index in [1.54, 1.807) is 36.4 Å². The second-order valence-corrected chi connectivity index (χ2v) is 5.69. The SMILES string of the molecule is N#Cc1cccc(NC(=O)Cn2ncc3c(=O)oc4ccccc4c32)c1. The van der Waals surface area contributed by atoms with E-state index in [9.17, 15) is 9.59 Å². The van der Waals surface area contributed by atoms with Crippen molar-refractivity contribution in [2.75, 3.05) is 5.32 Å². The third-order valence-corrected chi connectivity index (χ3v) is 3.97. The minimum atomic E-state index is -0.493. The molecule has 7 heteroatoms. The summed E-state index contributed by atoms with van der Waals surface area (Å²) in [6, 6.07) is 15.8. The molecule has 2 heterocycles. The van der Waals surface area contributed by atoms with Crippen LogP contribution in [0.15, 0.2) is 63.9 Å². The molecule has 0 aliphatic carbocycles. The summed E-state index contributed by atoms with van der Waals surface area (Å²) in [5.74, 6) is -0.317. The molecule has 0 aliphatic heterocycles. The highest BCUT2D eigenvalue weighted by molar-refractivity contribution is 6.02. The van der Waals surface area contributed by atoms with Crippen LogP contribution in [0.2, 0.25) is 0 Å². The molecular formula is C19H12N4O3. The van der Waals surface area contributed by atoms with Crippen molar-refractivity contribution in [3.8, 4) is 6.07 Å². The van der Waals surface area contributed by atoms with Gasteiger partial charge in [0.05, 0.1) is 23.3 Å². The van der Waals surface area contributed by atoms with Gasteiger partial charge < -0.3 is 9.73 Å². The lowest BCUT2D eigenvalue weighted by Crippen LogP contribution is -2.19. The van der Waals surface area contributed by atoms with E-state index in [1.807, 2.05) is 18.2 Å². The number of nitriles is 1. The zero-order chi connectivity index (χ0) is 18.1. The van der Waals surface area contributed by atoms with Crippen molar-refractivity contribution >= 4 is 33.5 Å². The van der Waals surface area contributed by atoms with E-state index in [1.165, 1.54) is 10.9 Å². The largest absolute Gasteiger partial charge is 0.422 e. The van der Waals surface area contributed by atoms with Crippen LogP contribution < -0.4 is 10.9 Å². The van der Waals surface area contributed by atoms with E-state index < -0.39 is 5.63 Å². The van der Waals surface area contributed by atoms with Gasteiger partial charge in [0.1, 0.15) is 17.5 Å². The summed E-state index contributed by atoms with van der Waals surface area (Å²) >= 11 is 0. The minimum absolute atomic E-state index is 0.0757. The van der Waals surface area contributed by atoms with Crippen molar-refractivity contribution < 1.29 is 9.21 Å². The van der Waals surface area contributed by atoms with Crippen LogP contribution in [-0.2, 0) is 11.3 Å². The fourth-order valence-electron chi connectivity index (χ4n) is 2.85. The number of benzene rings is 2. The molecule has 1 amide bonds. The Kier molecular flexibility index (Phi) is 3.71. The Bertz CT molecular complexity index is 1250. The first-order valence-corrected chi connectivity index (χ1v) is 7.83. The van der Waals surface area contributed by atoms with Gasteiger partial charge in [-0.25, -0.2) is 4.79 Å². The molecule has 0 bridgehead atoms. The molecule has 0 unspecified atom stereocenters. The molecule has 7 nitrogen and oxygen atoms in total. The first-order valence-electron chi connectivity index (χ1n) is 7.83. The quantitative estimate of drug-likeness (QED) is 0.576. The number of hydrogen-bond donors (Lipinski definition) is 1. The number of aromatic nitrogens is 2. The topological polar surface area (TPSA) is 101 Å². The highest BCUT2D eigenvalue weighted by Gasteiger charge is 2.15. The van der Waals surface area contributed by atoms with E-state index in [2.05, 4.69) is 10.4 Å². The Hall–Kier alpha value is -3.92. The molecular weight excluding hydrogens is 332 g/mol. The number of amides is 1. The molecule has 4 rings (SSSR count). The Morgan fingerprint density at radius 3 is 2.88 bits per heavy atom. The van der Waals surface area contributed by atoms with Crippen LogP contribution >= 0.6 is 0 Å². The van der Waals surface area contributed by atoms with E-state index in [4.69, 9.17) is 9.68 Å². The number of carbonyl (C=O) groups excluding carboxylic acids is 1. The number of para-hydroxylation sites is 1. The molecule has 1 N–H and O–H groups in total. The molecule has 0 atom stereocenters.